The van der Waals surface area contributed by atoms with Crippen LogP contribution in [0.5, 0.6) is 5.75 Å². The van der Waals surface area contributed by atoms with E-state index in [0.29, 0.717) is 35.0 Å². The quantitative estimate of drug-likeness (QED) is 0.133. The molecule has 1 saturated heterocycles. The topological polar surface area (TPSA) is 65.9 Å². The van der Waals surface area contributed by atoms with Gasteiger partial charge in [0.1, 0.15) is 16.6 Å². The Kier molecular flexibility index (Phi) is 10.1. The number of aromatic nitrogens is 1. The number of hydrogen-bond acceptors (Lipinski definition) is 7. The normalized spacial score (nSPS) is 14.2. The van der Waals surface area contributed by atoms with Crippen molar-refractivity contribution in [2.75, 3.05) is 37.7 Å². The van der Waals surface area contributed by atoms with Crippen molar-refractivity contribution >= 4 is 34.8 Å². The fourth-order valence-electron chi connectivity index (χ4n) is 4.92. The third kappa shape index (κ3) is 8.10. The van der Waals surface area contributed by atoms with Crippen molar-refractivity contribution < 1.29 is 32.2 Å². The molecule has 0 radical (unpaired) electrons. The number of halogens is 4. The molecule has 232 valence electrons. The molecular weight excluding hydrogens is 614 g/mol. The van der Waals surface area contributed by atoms with Gasteiger partial charge < -0.3 is 14.7 Å². The number of carbonyl (C=O) groups is 1. The van der Waals surface area contributed by atoms with Gasteiger partial charge in [-0.15, -0.1) is 23.1 Å². The predicted molar refractivity (Wildman–Crippen MR) is 165 cm³/mol. The summed E-state index contributed by atoms with van der Waals surface area (Å²) in [5.74, 6) is -0.147. The lowest BCUT2D eigenvalue weighted by atomic mass is 10.1. The molecule has 0 bridgehead atoms. The maximum atomic E-state index is 13.4. The molecule has 5 rings (SSSR count). The Hall–Kier alpha value is -3.61. The second-order valence-electron chi connectivity index (χ2n) is 10.3. The summed E-state index contributed by atoms with van der Waals surface area (Å²) >= 11 is 3.10. The molecule has 1 aliphatic rings. The first-order chi connectivity index (χ1) is 21.1. The van der Waals surface area contributed by atoms with Gasteiger partial charge in [0.15, 0.2) is 6.61 Å². The first-order valence-corrected chi connectivity index (χ1v) is 15.9. The van der Waals surface area contributed by atoms with Crippen molar-refractivity contribution in [3.05, 3.63) is 94.2 Å². The number of carboxylic acid groups (broad SMARTS) is 1. The van der Waals surface area contributed by atoms with Gasteiger partial charge in [0, 0.05) is 59.5 Å². The van der Waals surface area contributed by atoms with Crippen molar-refractivity contribution in [3.63, 3.8) is 0 Å². The minimum atomic E-state index is -4.41. The molecule has 0 saturated carbocycles. The van der Waals surface area contributed by atoms with E-state index in [1.165, 1.54) is 35.6 Å². The molecule has 1 aliphatic heterocycles. The number of thiazole rings is 1. The fraction of sp³-hybridized carbons (Fsp3) is 0.312. The Morgan fingerprint density at radius 2 is 1.73 bits per heavy atom. The van der Waals surface area contributed by atoms with Crippen molar-refractivity contribution in [1.82, 2.24) is 9.88 Å². The van der Waals surface area contributed by atoms with Crippen LogP contribution in [0.25, 0.3) is 10.6 Å². The van der Waals surface area contributed by atoms with Crippen LogP contribution in [0.4, 0.5) is 23.2 Å². The summed E-state index contributed by atoms with van der Waals surface area (Å²) in [4.78, 5) is 22.4. The molecule has 1 N–H and O–H groups in total. The number of piperazine rings is 1. The third-order valence-corrected chi connectivity index (χ3v) is 9.66. The zero-order chi connectivity index (χ0) is 31.3. The molecule has 6 nitrogen and oxygen atoms in total. The van der Waals surface area contributed by atoms with Gasteiger partial charge >= 0.3 is 12.1 Å². The number of anilines is 1. The lowest BCUT2D eigenvalue weighted by molar-refractivity contribution is -0.139. The van der Waals surface area contributed by atoms with Gasteiger partial charge in [0.25, 0.3) is 0 Å². The number of hydrogen-bond donors (Lipinski definition) is 1. The molecule has 1 aromatic heterocycles. The molecule has 4 aromatic rings. The largest absolute Gasteiger partial charge is 0.482 e. The van der Waals surface area contributed by atoms with E-state index >= 15 is 0 Å². The van der Waals surface area contributed by atoms with Crippen LogP contribution in [0.1, 0.15) is 28.6 Å². The highest BCUT2D eigenvalue weighted by Gasteiger charge is 2.30. The van der Waals surface area contributed by atoms with Gasteiger partial charge in [0.05, 0.1) is 11.3 Å². The predicted octanol–water partition coefficient (Wildman–Crippen LogP) is 7.61. The van der Waals surface area contributed by atoms with Crippen LogP contribution in [0.15, 0.2) is 71.6 Å². The van der Waals surface area contributed by atoms with Crippen LogP contribution in [-0.2, 0) is 29.7 Å². The molecule has 0 aliphatic carbocycles. The summed E-state index contributed by atoms with van der Waals surface area (Å²) in [5, 5.41) is 9.62. The van der Waals surface area contributed by atoms with Crippen molar-refractivity contribution in [3.8, 4) is 16.3 Å². The Labute approximate surface area is 261 Å². The summed E-state index contributed by atoms with van der Waals surface area (Å²) in [6, 6.07) is 17.3. The molecule has 2 heterocycles. The minimum absolute atomic E-state index is 0.265. The average Bonchev–Trinajstić information content (AvgIpc) is 3.42. The number of alkyl halides is 3. The van der Waals surface area contributed by atoms with E-state index in [2.05, 4.69) is 9.80 Å². The highest BCUT2D eigenvalue weighted by molar-refractivity contribution is 7.98. The Morgan fingerprint density at radius 1 is 1.02 bits per heavy atom. The molecule has 3 aromatic carbocycles. The Morgan fingerprint density at radius 3 is 2.36 bits per heavy atom. The highest BCUT2D eigenvalue weighted by Crippen LogP contribution is 2.37. The zero-order valence-electron chi connectivity index (χ0n) is 23.9. The first kappa shape index (κ1) is 31.8. The van der Waals surface area contributed by atoms with E-state index in [1.54, 1.807) is 30.0 Å². The lowest BCUT2D eigenvalue weighted by Crippen LogP contribution is -2.46. The Balaban J connectivity index is 1.33. The van der Waals surface area contributed by atoms with Crippen LogP contribution >= 0.6 is 23.1 Å². The summed E-state index contributed by atoms with van der Waals surface area (Å²) < 4.78 is 58.2. The van der Waals surface area contributed by atoms with E-state index in [1.807, 2.05) is 19.1 Å². The maximum Gasteiger partial charge on any atom is 0.416 e. The van der Waals surface area contributed by atoms with Crippen molar-refractivity contribution in [2.45, 2.75) is 36.7 Å². The number of thioether (sulfide) groups is 1. The summed E-state index contributed by atoms with van der Waals surface area (Å²) in [7, 11) is 0. The SMILES string of the molecule is CCc1cc(SCc2sc(-c3ccc(C(F)(F)F)cc3)nc2CN2CCN(c3ccc(F)cc3)CC2)ccc1OCC(=O)O. The number of carboxylic acids is 1. The van der Waals surface area contributed by atoms with E-state index in [9.17, 15) is 22.4 Å². The van der Waals surface area contributed by atoms with Gasteiger partial charge in [0.2, 0.25) is 0 Å². The number of ether oxygens (including phenoxy) is 1. The van der Waals surface area contributed by atoms with Crippen molar-refractivity contribution in [2.24, 2.45) is 0 Å². The number of nitrogens with zero attached hydrogens (tertiary/aromatic N) is 3. The summed E-state index contributed by atoms with van der Waals surface area (Å²) in [5.41, 5.74) is 2.72. The van der Waals surface area contributed by atoms with Crippen LogP contribution in [-0.4, -0.2) is 53.7 Å². The van der Waals surface area contributed by atoms with E-state index < -0.39 is 24.3 Å². The number of aliphatic carboxylic acids is 1. The van der Waals surface area contributed by atoms with Crippen LogP contribution in [0.2, 0.25) is 0 Å². The highest BCUT2D eigenvalue weighted by atomic mass is 32.2. The third-order valence-electron chi connectivity index (χ3n) is 7.31. The van der Waals surface area contributed by atoms with Crippen LogP contribution in [0.3, 0.4) is 0 Å². The van der Waals surface area contributed by atoms with E-state index in [4.69, 9.17) is 14.8 Å². The van der Waals surface area contributed by atoms with Gasteiger partial charge in [-0.1, -0.05) is 19.1 Å². The zero-order valence-corrected chi connectivity index (χ0v) is 25.6. The number of benzene rings is 3. The van der Waals surface area contributed by atoms with Gasteiger partial charge in [-0.2, -0.15) is 13.2 Å². The molecular formula is C32H31F4N3O3S2. The maximum absolute atomic E-state index is 13.4. The van der Waals surface area contributed by atoms with Gasteiger partial charge in [-0.3, -0.25) is 4.90 Å². The van der Waals surface area contributed by atoms with Crippen molar-refractivity contribution in [1.29, 1.82) is 0 Å². The number of aryl methyl sites for hydroxylation is 1. The summed E-state index contributed by atoms with van der Waals surface area (Å²) in [6.07, 6.45) is -3.73. The second kappa shape index (κ2) is 14.0. The average molecular weight is 646 g/mol. The lowest BCUT2D eigenvalue weighted by Gasteiger charge is -2.36. The minimum Gasteiger partial charge on any atom is -0.482 e. The molecule has 0 atom stereocenters. The van der Waals surface area contributed by atoms with E-state index in [0.717, 1.165) is 65.0 Å². The molecule has 0 unspecified atom stereocenters. The molecule has 12 heteroatoms. The monoisotopic (exact) mass is 645 g/mol. The summed E-state index contributed by atoms with van der Waals surface area (Å²) in [6.45, 7) is 5.30. The van der Waals surface area contributed by atoms with Crippen LogP contribution < -0.4 is 9.64 Å². The smallest absolute Gasteiger partial charge is 0.416 e. The second-order valence-corrected chi connectivity index (χ2v) is 12.4. The molecule has 0 amide bonds. The molecule has 0 spiro atoms. The first-order valence-electron chi connectivity index (χ1n) is 14.1. The molecule has 44 heavy (non-hydrogen) atoms. The standard InChI is InChI=1S/C32H31F4N3O3S2/c1-2-21-17-26(11-12-28(21)42-19-30(40)41)43-20-29-27(37-31(44-29)22-3-5-23(6-4-22)32(34,35)36)18-38-13-15-39(16-14-38)25-9-7-24(33)8-10-25/h3-12,17H,2,13-16,18-20H2,1H3,(H,40,41). The fourth-order valence-corrected chi connectivity index (χ4v) is 7.06. The van der Waals surface area contributed by atoms with Gasteiger partial charge in [-0.05, 0) is 66.6 Å². The van der Waals surface area contributed by atoms with Crippen LogP contribution in [0, 0.1) is 5.82 Å². The molecule has 1 fully saturated rings. The Bertz CT molecular complexity index is 1570. The number of rotatable bonds is 11. The van der Waals surface area contributed by atoms with E-state index in [-0.39, 0.29) is 5.82 Å². The van der Waals surface area contributed by atoms with Gasteiger partial charge in [-0.25, -0.2) is 14.2 Å².